The fourth-order valence-corrected chi connectivity index (χ4v) is 2.77. The minimum Gasteiger partial charge on any atom is -0.349 e. The van der Waals surface area contributed by atoms with Gasteiger partial charge in [0.25, 0.3) is 0 Å². The summed E-state index contributed by atoms with van der Waals surface area (Å²) in [5.41, 5.74) is 4.84. The van der Waals surface area contributed by atoms with Gasteiger partial charge < -0.3 is 10.3 Å². The van der Waals surface area contributed by atoms with E-state index in [4.69, 9.17) is 0 Å². The second kappa shape index (κ2) is 8.45. The van der Waals surface area contributed by atoms with E-state index in [2.05, 4.69) is 15.3 Å². The fraction of sp³-hybridized carbons (Fsp3) is 0.227. The van der Waals surface area contributed by atoms with Crippen LogP contribution in [0.1, 0.15) is 40.2 Å². The first-order chi connectivity index (χ1) is 13.0. The number of benzene rings is 2. The second-order valence-electron chi connectivity index (χ2n) is 6.61. The van der Waals surface area contributed by atoms with Crippen molar-refractivity contribution in [2.75, 3.05) is 0 Å². The van der Waals surface area contributed by atoms with E-state index in [-0.39, 0.29) is 24.5 Å². The van der Waals surface area contributed by atoms with Crippen LogP contribution in [0.4, 0.5) is 0 Å². The quantitative estimate of drug-likeness (QED) is 0.625. The Morgan fingerprint density at radius 3 is 2.52 bits per heavy atom. The Balaban J connectivity index is 1.48. The number of carbonyl (C=O) groups excluding carboxylic acids is 2. The van der Waals surface area contributed by atoms with Crippen molar-refractivity contribution in [1.29, 1.82) is 0 Å². The van der Waals surface area contributed by atoms with E-state index >= 15 is 0 Å². The molecule has 0 aliphatic rings. The van der Waals surface area contributed by atoms with Crippen LogP contribution in [0.3, 0.4) is 0 Å². The zero-order valence-electron chi connectivity index (χ0n) is 15.6. The molecule has 1 amide bonds. The van der Waals surface area contributed by atoms with Crippen molar-refractivity contribution in [2.45, 2.75) is 33.2 Å². The lowest BCUT2D eigenvalue weighted by Gasteiger charge is -2.05. The van der Waals surface area contributed by atoms with Crippen molar-refractivity contribution in [3.8, 4) is 11.3 Å². The van der Waals surface area contributed by atoms with E-state index in [0.717, 1.165) is 22.4 Å². The van der Waals surface area contributed by atoms with E-state index in [0.29, 0.717) is 17.9 Å². The number of aromatic amines is 1. The van der Waals surface area contributed by atoms with Crippen LogP contribution in [-0.4, -0.2) is 21.7 Å². The van der Waals surface area contributed by atoms with Crippen LogP contribution >= 0.6 is 0 Å². The van der Waals surface area contributed by atoms with Crippen molar-refractivity contribution in [1.82, 2.24) is 15.3 Å². The highest BCUT2D eigenvalue weighted by atomic mass is 16.2. The molecule has 0 unspecified atom stereocenters. The van der Waals surface area contributed by atoms with Gasteiger partial charge in [-0.1, -0.05) is 42.5 Å². The van der Waals surface area contributed by atoms with Crippen LogP contribution in [0.15, 0.2) is 54.7 Å². The number of rotatable bonds is 7. The maximum Gasteiger partial charge on any atom is 0.220 e. The number of carbonyl (C=O) groups is 2. The SMILES string of the molecule is Cc1ccc(C(=O)CCC(=O)NCc2ncc(-c3ccccc3)[nH]2)cc1C. The third kappa shape index (κ3) is 4.91. The van der Waals surface area contributed by atoms with Crippen LogP contribution in [0.2, 0.25) is 0 Å². The van der Waals surface area contributed by atoms with Crippen LogP contribution in [0.5, 0.6) is 0 Å². The average molecular weight is 361 g/mol. The molecule has 0 aliphatic heterocycles. The highest BCUT2D eigenvalue weighted by molar-refractivity contribution is 5.98. The van der Waals surface area contributed by atoms with Crippen molar-refractivity contribution in [3.05, 3.63) is 77.2 Å². The second-order valence-corrected chi connectivity index (χ2v) is 6.61. The highest BCUT2D eigenvalue weighted by Crippen LogP contribution is 2.16. The smallest absolute Gasteiger partial charge is 0.220 e. The number of nitrogens with zero attached hydrogens (tertiary/aromatic N) is 1. The normalized spacial score (nSPS) is 10.6. The number of H-pyrrole nitrogens is 1. The molecule has 2 aromatic carbocycles. The Bertz CT molecular complexity index is 945. The van der Waals surface area contributed by atoms with Crippen molar-refractivity contribution < 1.29 is 9.59 Å². The lowest BCUT2D eigenvalue weighted by molar-refractivity contribution is -0.121. The summed E-state index contributed by atoms with van der Waals surface area (Å²) in [6.45, 7) is 4.30. The molecule has 0 atom stereocenters. The molecule has 3 aromatic rings. The highest BCUT2D eigenvalue weighted by Gasteiger charge is 2.11. The first-order valence-electron chi connectivity index (χ1n) is 8.99. The maximum atomic E-state index is 12.2. The number of nitrogens with one attached hydrogen (secondary N) is 2. The van der Waals surface area contributed by atoms with Crippen LogP contribution in [0, 0.1) is 13.8 Å². The number of Topliss-reactive ketones (excluding diaryl/α,β-unsaturated/α-hetero) is 1. The number of amides is 1. The van der Waals surface area contributed by atoms with Gasteiger partial charge in [-0.05, 0) is 36.6 Å². The van der Waals surface area contributed by atoms with Crippen molar-refractivity contribution in [2.24, 2.45) is 0 Å². The summed E-state index contributed by atoms with van der Waals surface area (Å²) in [5, 5.41) is 2.81. The molecule has 1 heterocycles. The maximum absolute atomic E-state index is 12.2. The topological polar surface area (TPSA) is 74.8 Å². The van der Waals surface area contributed by atoms with Gasteiger partial charge in [-0.2, -0.15) is 0 Å². The van der Waals surface area contributed by atoms with E-state index < -0.39 is 0 Å². The van der Waals surface area contributed by atoms with Gasteiger partial charge in [0.15, 0.2) is 5.78 Å². The van der Waals surface area contributed by atoms with Gasteiger partial charge in [0, 0.05) is 18.4 Å². The Labute approximate surface area is 158 Å². The third-order valence-electron chi connectivity index (χ3n) is 4.57. The van der Waals surface area contributed by atoms with Crippen LogP contribution in [-0.2, 0) is 11.3 Å². The first kappa shape index (κ1) is 18.6. The van der Waals surface area contributed by atoms with Gasteiger partial charge in [0.05, 0.1) is 18.4 Å². The number of imidazole rings is 1. The van der Waals surface area contributed by atoms with Gasteiger partial charge in [-0.3, -0.25) is 9.59 Å². The standard InChI is InChI=1S/C22H23N3O2/c1-15-8-9-18(12-16(15)2)20(26)10-11-22(27)24-14-21-23-13-19(25-21)17-6-4-3-5-7-17/h3-9,12-13H,10-11,14H2,1-2H3,(H,23,25)(H,24,27). The Hall–Kier alpha value is -3.21. The summed E-state index contributed by atoms with van der Waals surface area (Å²) < 4.78 is 0. The van der Waals surface area contributed by atoms with Gasteiger partial charge >= 0.3 is 0 Å². The third-order valence-corrected chi connectivity index (χ3v) is 4.57. The zero-order chi connectivity index (χ0) is 19.2. The molecule has 1 aromatic heterocycles. The summed E-state index contributed by atoms with van der Waals surface area (Å²) in [6.07, 6.45) is 2.11. The summed E-state index contributed by atoms with van der Waals surface area (Å²) in [4.78, 5) is 31.8. The molecule has 0 radical (unpaired) electrons. The summed E-state index contributed by atoms with van der Waals surface area (Å²) in [5.74, 6) is 0.505. The molecule has 0 fully saturated rings. The Morgan fingerprint density at radius 2 is 1.78 bits per heavy atom. The molecule has 0 aliphatic carbocycles. The average Bonchev–Trinajstić information content (AvgIpc) is 3.16. The molecule has 5 heteroatoms. The molecular weight excluding hydrogens is 338 g/mol. The number of aromatic nitrogens is 2. The molecule has 0 saturated carbocycles. The summed E-state index contributed by atoms with van der Waals surface area (Å²) >= 11 is 0. The Morgan fingerprint density at radius 1 is 1.00 bits per heavy atom. The lowest BCUT2D eigenvalue weighted by Crippen LogP contribution is -2.23. The monoisotopic (exact) mass is 361 g/mol. The van der Waals surface area contributed by atoms with Gasteiger partial charge in [0.1, 0.15) is 5.82 Å². The minimum absolute atomic E-state index is 0.0161. The molecule has 138 valence electrons. The molecule has 3 rings (SSSR count). The van der Waals surface area contributed by atoms with E-state index in [1.165, 1.54) is 0 Å². The number of hydrogen-bond acceptors (Lipinski definition) is 3. The number of hydrogen-bond donors (Lipinski definition) is 2. The van der Waals surface area contributed by atoms with Crippen LogP contribution in [0.25, 0.3) is 11.3 Å². The van der Waals surface area contributed by atoms with E-state index in [9.17, 15) is 9.59 Å². The van der Waals surface area contributed by atoms with E-state index in [1.54, 1.807) is 6.20 Å². The minimum atomic E-state index is -0.162. The summed E-state index contributed by atoms with van der Waals surface area (Å²) in [7, 11) is 0. The zero-order valence-corrected chi connectivity index (χ0v) is 15.6. The van der Waals surface area contributed by atoms with Crippen LogP contribution < -0.4 is 5.32 Å². The molecule has 0 saturated heterocycles. The van der Waals surface area contributed by atoms with Crippen molar-refractivity contribution >= 4 is 11.7 Å². The van der Waals surface area contributed by atoms with E-state index in [1.807, 2.05) is 62.4 Å². The molecule has 2 N–H and O–H groups in total. The van der Waals surface area contributed by atoms with Gasteiger partial charge in [-0.25, -0.2) is 4.98 Å². The molecule has 27 heavy (non-hydrogen) atoms. The largest absolute Gasteiger partial charge is 0.349 e. The van der Waals surface area contributed by atoms with Gasteiger partial charge in [-0.15, -0.1) is 0 Å². The fourth-order valence-electron chi connectivity index (χ4n) is 2.77. The number of aryl methyl sites for hydroxylation is 2. The lowest BCUT2D eigenvalue weighted by atomic mass is 10.0. The molecule has 0 bridgehead atoms. The summed E-state index contributed by atoms with van der Waals surface area (Å²) in [6, 6.07) is 15.5. The van der Waals surface area contributed by atoms with Crippen molar-refractivity contribution in [3.63, 3.8) is 0 Å². The Kier molecular flexibility index (Phi) is 5.81. The number of ketones is 1. The molecular formula is C22H23N3O2. The van der Waals surface area contributed by atoms with Gasteiger partial charge in [0.2, 0.25) is 5.91 Å². The molecule has 0 spiro atoms. The first-order valence-corrected chi connectivity index (χ1v) is 8.99. The molecule has 5 nitrogen and oxygen atoms in total. The predicted molar refractivity (Wildman–Crippen MR) is 105 cm³/mol. The predicted octanol–water partition coefficient (Wildman–Crippen LogP) is 3.97.